The number of carbonyl (C=O) groups is 1. The van der Waals surface area contributed by atoms with E-state index in [0.29, 0.717) is 6.54 Å². The standard InChI is InChI=1S/C12H21N3O2S/c1-15(2)11(9-4-5-18-8-9)6-14-12(16)10(13)7-17-3/h4-5,8,10-11H,6-7,13H2,1-3H3,(H,14,16). The Hall–Kier alpha value is -0.950. The number of nitrogens with zero attached hydrogens (tertiary/aromatic N) is 1. The van der Waals surface area contributed by atoms with Crippen LogP contribution in [0.15, 0.2) is 16.8 Å². The number of carbonyl (C=O) groups excluding carboxylic acids is 1. The highest BCUT2D eigenvalue weighted by atomic mass is 32.1. The lowest BCUT2D eigenvalue weighted by Crippen LogP contribution is -2.45. The first-order valence-electron chi connectivity index (χ1n) is 5.77. The first kappa shape index (κ1) is 15.1. The van der Waals surface area contributed by atoms with Crippen molar-refractivity contribution in [3.05, 3.63) is 22.4 Å². The normalized spacial score (nSPS) is 14.5. The molecular formula is C12H21N3O2S. The number of nitrogens with two attached hydrogens (primary N) is 1. The zero-order chi connectivity index (χ0) is 13.5. The molecule has 0 aliphatic carbocycles. The second kappa shape index (κ2) is 7.48. The number of nitrogens with one attached hydrogen (secondary N) is 1. The maximum absolute atomic E-state index is 11.7. The van der Waals surface area contributed by atoms with Gasteiger partial charge in [-0.15, -0.1) is 0 Å². The maximum atomic E-state index is 11.7. The van der Waals surface area contributed by atoms with Crippen LogP contribution in [0.4, 0.5) is 0 Å². The average molecular weight is 271 g/mol. The van der Waals surface area contributed by atoms with Crippen molar-refractivity contribution in [2.75, 3.05) is 34.4 Å². The van der Waals surface area contributed by atoms with Crippen molar-refractivity contribution in [1.29, 1.82) is 0 Å². The van der Waals surface area contributed by atoms with Gasteiger partial charge in [0.1, 0.15) is 6.04 Å². The van der Waals surface area contributed by atoms with E-state index in [1.165, 1.54) is 12.7 Å². The molecule has 0 aliphatic heterocycles. The highest BCUT2D eigenvalue weighted by Gasteiger charge is 2.18. The zero-order valence-electron chi connectivity index (χ0n) is 11.1. The summed E-state index contributed by atoms with van der Waals surface area (Å²) in [5.41, 5.74) is 6.86. The van der Waals surface area contributed by atoms with Crippen LogP contribution in [0.2, 0.25) is 0 Å². The highest BCUT2D eigenvalue weighted by Crippen LogP contribution is 2.19. The van der Waals surface area contributed by atoms with Crippen molar-refractivity contribution in [3.63, 3.8) is 0 Å². The first-order valence-corrected chi connectivity index (χ1v) is 6.71. The minimum absolute atomic E-state index is 0.162. The molecule has 0 radical (unpaired) electrons. The molecule has 0 aromatic carbocycles. The molecule has 0 aliphatic rings. The van der Waals surface area contributed by atoms with Gasteiger partial charge in [-0.2, -0.15) is 11.3 Å². The van der Waals surface area contributed by atoms with Gasteiger partial charge in [0, 0.05) is 13.7 Å². The lowest BCUT2D eigenvalue weighted by Gasteiger charge is -2.24. The van der Waals surface area contributed by atoms with Gasteiger partial charge < -0.3 is 20.7 Å². The summed E-state index contributed by atoms with van der Waals surface area (Å²) in [6, 6.07) is 1.62. The number of likely N-dealkylation sites (N-methyl/N-ethyl adjacent to an activating group) is 1. The van der Waals surface area contributed by atoms with Crippen LogP contribution < -0.4 is 11.1 Å². The van der Waals surface area contributed by atoms with E-state index < -0.39 is 6.04 Å². The van der Waals surface area contributed by atoms with E-state index in [1.807, 2.05) is 19.5 Å². The lowest BCUT2D eigenvalue weighted by atomic mass is 10.1. The molecule has 0 saturated heterocycles. The molecule has 2 atom stereocenters. The molecule has 0 fully saturated rings. The first-order chi connectivity index (χ1) is 8.56. The van der Waals surface area contributed by atoms with Crippen LogP contribution in [0, 0.1) is 0 Å². The quantitative estimate of drug-likeness (QED) is 0.755. The minimum atomic E-state index is -0.611. The predicted octanol–water partition coefficient (Wildman–Crippen LogP) is 0.441. The number of hydrogen-bond donors (Lipinski definition) is 2. The van der Waals surface area contributed by atoms with Crippen molar-refractivity contribution in [2.24, 2.45) is 5.73 Å². The van der Waals surface area contributed by atoms with Crippen LogP contribution in [0.25, 0.3) is 0 Å². The summed E-state index contributed by atoms with van der Waals surface area (Å²) in [6.45, 7) is 0.775. The van der Waals surface area contributed by atoms with E-state index in [9.17, 15) is 4.79 Å². The molecule has 1 heterocycles. The molecular weight excluding hydrogens is 250 g/mol. The summed E-state index contributed by atoms with van der Waals surface area (Å²) in [7, 11) is 5.51. The molecule has 102 valence electrons. The van der Waals surface area contributed by atoms with Crippen molar-refractivity contribution in [2.45, 2.75) is 12.1 Å². The van der Waals surface area contributed by atoms with Crippen LogP contribution in [0.1, 0.15) is 11.6 Å². The van der Waals surface area contributed by atoms with Crippen LogP contribution >= 0.6 is 11.3 Å². The van der Waals surface area contributed by atoms with E-state index in [2.05, 4.69) is 21.7 Å². The van der Waals surface area contributed by atoms with Crippen molar-refractivity contribution in [1.82, 2.24) is 10.2 Å². The molecule has 3 N–H and O–H groups in total. The molecule has 6 heteroatoms. The SMILES string of the molecule is COCC(N)C(=O)NCC(c1ccsc1)N(C)C. The molecule has 0 spiro atoms. The smallest absolute Gasteiger partial charge is 0.239 e. The van der Waals surface area contributed by atoms with Gasteiger partial charge in [-0.05, 0) is 36.5 Å². The van der Waals surface area contributed by atoms with Gasteiger partial charge in [0.25, 0.3) is 0 Å². The Balaban J connectivity index is 2.51. The van der Waals surface area contributed by atoms with E-state index in [1.54, 1.807) is 11.3 Å². The molecule has 2 unspecified atom stereocenters. The summed E-state index contributed by atoms with van der Waals surface area (Å²) < 4.78 is 4.86. The second-order valence-electron chi connectivity index (χ2n) is 4.34. The summed E-state index contributed by atoms with van der Waals surface area (Å²) in [5.74, 6) is -0.182. The van der Waals surface area contributed by atoms with Gasteiger partial charge in [0.2, 0.25) is 5.91 Å². The number of thiophene rings is 1. The fourth-order valence-corrected chi connectivity index (χ4v) is 2.35. The Labute approximate surface area is 112 Å². The fraction of sp³-hybridized carbons (Fsp3) is 0.583. The van der Waals surface area contributed by atoms with Gasteiger partial charge in [0.05, 0.1) is 12.6 Å². The molecule has 1 amide bonds. The Morgan fingerprint density at radius 2 is 2.33 bits per heavy atom. The molecule has 0 bridgehead atoms. The molecule has 18 heavy (non-hydrogen) atoms. The topological polar surface area (TPSA) is 67.6 Å². The van der Waals surface area contributed by atoms with Crippen LogP contribution in [-0.4, -0.2) is 51.2 Å². The summed E-state index contributed by atoms with van der Waals surface area (Å²) in [5, 5.41) is 6.98. The third-order valence-corrected chi connectivity index (χ3v) is 3.41. The van der Waals surface area contributed by atoms with E-state index in [-0.39, 0.29) is 18.6 Å². The third kappa shape index (κ3) is 4.38. The molecule has 1 aromatic rings. The molecule has 1 aromatic heterocycles. The van der Waals surface area contributed by atoms with Gasteiger partial charge >= 0.3 is 0 Å². The van der Waals surface area contributed by atoms with Crippen LogP contribution in [0.5, 0.6) is 0 Å². The monoisotopic (exact) mass is 271 g/mol. The predicted molar refractivity (Wildman–Crippen MR) is 73.6 cm³/mol. The second-order valence-corrected chi connectivity index (χ2v) is 5.12. The van der Waals surface area contributed by atoms with E-state index >= 15 is 0 Å². The number of rotatable bonds is 7. The number of hydrogen-bond acceptors (Lipinski definition) is 5. The van der Waals surface area contributed by atoms with Crippen molar-refractivity contribution >= 4 is 17.2 Å². The minimum Gasteiger partial charge on any atom is -0.383 e. The fourth-order valence-electron chi connectivity index (χ4n) is 1.65. The van der Waals surface area contributed by atoms with Crippen LogP contribution in [0.3, 0.4) is 0 Å². The Kier molecular flexibility index (Phi) is 6.28. The van der Waals surface area contributed by atoms with Crippen molar-refractivity contribution < 1.29 is 9.53 Å². The van der Waals surface area contributed by atoms with Gasteiger partial charge in [-0.1, -0.05) is 0 Å². The van der Waals surface area contributed by atoms with Crippen molar-refractivity contribution in [3.8, 4) is 0 Å². The Bertz CT molecular complexity index is 354. The Morgan fingerprint density at radius 3 is 2.83 bits per heavy atom. The number of amides is 1. The number of ether oxygens (including phenoxy) is 1. The highest BCUT2D eigenvalue weighted by molar-refractivity contribution is 7.07. The summed E-state index contributed by atoms with van der Waals surface area (Å²) >= 11 is 1.65. The van der Waals surface area contributed by atoms with E-state index in [4.69, 9.17) is 10.5 Å². The van der Waals surface area contributed by atoms with Gasteiger partial charge in [0.15, 0.2) is 0 Å². The number of methoxy groups -OCH3 is 1. The van der Waals surface area contributed by atoms with Gasteiger partial charge in [-0.25, -0.2) is 0 Å². The largest absolute Gasteiger partial charge is 0.383 e. The molecule has 0 saturated carbocycles. The van der Waals surface area contributed by atoms with E-state index in [0.717, 1.165) is 0 Å². The summed E-state index contributed by atoms with van der Waals surface area (Å²) in [4.78, 5) is 13.8. The third-order valence-electron chi connectivity index (χ3n) is 2.70. The summed E-state index contributed by atoms with van der Waals surface area (Å²) in [6.07, 6.45) is 0. The van der Waals surface area contributed by atoms with Crippen LogP contribution in [-0.2, 0) is 9.53 Å². The average Bonchev–Trinajstić information content (AvgIpc) is 2.82. The molecule has 1 rings (SSSR count). The lowest BCUT2D eigenvalue weighted by molar-refractivity contribution is -0.123. The van der Waals surface area contributed by atoms with Gasteiger partial charge in [-0.3, -0.25) is 4.79 Å². The molecule has 5 nitrogen and oxygen atoms in total. The zero-order valence-corrected chi connectivity index (χ0v) is 11.9. The Morgan fingerprint density at radius 1 is 1.61 bits per heavy atom. The maximum Gasteiger partial charge on any atom is 0.239 e.